The molecule has 7 heteroatoms. The van der Waals surface area contributed by atoms with Gasteiger partial charge in [0.25, 0.3) is 0 Å². The van der Waals surface area contributed by atoms with E-state index >= 15 is 0 Å². The first-order chi connectivity index (χ1) is 9.50. The first kappa shape index (κ1) is 14.5. The lowest BCUT2D eigenvalue weighted by Crippen LogP contribution is -2.56. The number of nitrogens with one attached hydrogen (secondary N) is 1. The molecule has 7 nitrogen and oxygen atoms in total. The first-order valence-electron chi connectivity index (χ1n) is 6.90. The van der Waals surface area contributed by atoms with Crippen molar-refractivity contribution in [1.82, 2.24) is 20.4 Å². The molecule has 1 aliphatic rings. The van der Waals surface area contributed by atoms with Gasteiger partial charge in [0.15, 0.2) is 5.82 Å². The van der Waals surface area contributed by atoms with E-state index in [0.717, 1.165) is 0 Å². The fourth-order valence-electron chi connectivity index (χ4n) is 2.47. The molecule has 0 unspecified atom stereocenters. The molecular formula is C13H20N4O3. The molecule has 0 aliphatic carbocycles. The van der Waals surface area contributed by atoms with Gasteiger partial charge in [-0.15, -0.1) is 0 Å². The van der Waals surface area contributed by atoms with Crippen LogP contribution in [0.3, 0.4) is 0 Å². The van der Waals surface area contributed by atoms with Gasteiger partial charge in [0.2, 0.25) is 17.7 Å². The van der Waals surface area contributed by atoms with Crippen LogP contribution >= 0.6 is 0 Å². The molecule has 2 rings (SSSR count). The van der Waals surface area contributed by atoms with Crippen LogP contribution in [0.2, 0.25) is 0 Å². The highest BCUT2D eigenvalue weighted by atomic mass is 16.5. The summed E-state index contributed by atoms with van der Waals surface area (Å²) in [4.78, 5) is 30.3. The lowest BCUT2D eigenvalue weighted by Gasteiger charge is -2.33. The number of nitrogens with zero attached hydrogens (tertiary/aromatic N) is 3. The summed E-state index contributed by atoms with van der Waals surface area (Å²) in [5.41, 5.74) is -0.817. The van der Waals surface area contributed by atoms with Gasteiger partial charge in [0.1, 0.15) is 12.1 Å². The molecule has 0 bridgehead atoms. The number of aryl methyl sites for hydroxylation is 1. The molecule has 1 aromatic heterocycles. The van der Waals surface area contributed by atoms with Crippen LogP contribution in [-0.4, -0.2) is 38.9 Å². The van der Waals surface area contributed by atoms with Crippen molar-refractivity contribution in [3.8, 4) is 0 Å². The second-order valence-electron chi connectivity index (χ2n) is 5.05. The zero-order chi connectivity index (χ0) is 14.8. The zero-order valence-corrected chi connectivity index (χ0v) is 12.1. The Morgan fingerprint density at radius 1 is 1.35 bits per heavy atom. The number of hydrogen-bond donors (Lipinski definition) is 1. The topological polar surface area (TPSA) is 88.3 Å². The highest BCUT2D eigenvalue weighted by Crippen LogP contribution is 2.23. The summed E-state index contributed by atoms with van der Waals surface area (Å²) in [7, 11) is 0. The summed E-state index contributed by atoms with van der Waals surface area (Å²) in [5.74, 6) is 0.760. The van der Waals surface area contributed by atoms with E-state index in [0.29, 0.717) is 37.5 Å². The zero-order valence-electron chi connectivity index (χ0n) is 12.1. The maximum absolute atomic E-state index is 12.7. The molecule has 110 valence electrons. The second-order valence-corrected chi connectivity index (χ2v) is 5.05. The van der Waals surface area contributed by atoms with E-state index in [-0.39, 0.29) is 18.4 Å². The summed E-state index contributed by atoms with van der Waals surface area (Å²) in [6.07, 6.45) is 1.42. The van der Waals surface area contributed by atoms with Gasteiger partial charge in [-0.3, -0.25) is 9.59 Å². The van der Waals surface area contributed by atoms with Crippen LogP contribution in [0.5, 0.6) is 0 Å². The van der Waals surface area contributed by atoms with Crippen LogP contribution in [0.4, 0.5) is 0 Å². The predicted octanol–water partition coefficient (Wildman–Crippen LogP) is 0.785. The Bertz CT molecular complexity index is 507. The normalized spacial score (nSPS) is 18.9. The lowest BCUT2D eigenvalue weighted by atomic mass is 9.91. The molecule has 1 N–H and O–H groups in total. The van der Waals surface area contributed by atoms with Gasteiger partial charge in [0.05, 0.1) is 0 Å². The van der Waals surface area contributed by atoms with Crippen molar-refractivity contribution in [2.45, 2.75) is 52.1 Å². The molecule has 2 heterocycles. The molecule has 0 radical (unpaired) electrons. The van der Waals surface area contributed by atoms with Gasteiger partial charge < -0.3 is 14.7 Å². The fraction of sp³-hybridized carbons (Fsp3) is 0.692. The summed E-state index contributed by atoms with van der Waals surface area (Å²) in [6, 6.07) is 0. The Hall–Kier alpha value is -1.92. The van der Waals surface area contributed by atoms with Gasteiger partial charge >= 0.3 is 0 Å². The number of amides is 2. The van der Waals surface area contributed by atoms with Crippen LogP contribution in [0, 0.1) is 6.92 Å². The van der Waals surface area contributed by atoms with Crippen molar-refractivity contribution in [3.05, 3.63) is 11.7 Å². The molecule has 1 aromatic rings. The van der Waals surface area contributed by atoms with Gasteiger partial charge in [-0.25, -0.2) is 0 Å². The number of carbonyl (C=O) groups is 2. The van der Waals surface area contributed by atoms with Crippen molar-refractivity contribution in [1.29, 1.82) is 0 Å². The standard InChI is InChI=1S/C13H20N4O3/c1-4-13(5-2)12(19)17(7-6-10(18)15-13)8-11-14-9(3)16-20-11/h4-8H2,1-3H3,(H,15,18). The van der Waals surface area contributed by atoms with Crippen LogP contribution in [0.25, 0.3) is 0 Å². The van der Waals surface area contributed by atoms with E-state index in [1.54, 1.807) is 11.8 Å². The number of aromatic nitrogens is 2. The third-order valence-corrected chi connectivity index (χ3v) is 3.79. The maximum atomic E-state index is 12.7. The summed E-state index contributed by atoms with van der Waals surface area (Å²) in [6.45, 7) is 6.15. The van der Waals surface area contributed by atoms with Gasteiger partial charge in [-0.05, 0) is 19.8 Å². The molecule has 0 aromatic carbocycles. The van der Waals surface area contributed by atoms with Crippen LogP contribution in [0.1, 0.15) is 44.8 Å². The predicted molar refractivity (Wildman–Crippen MR) is 70.5 cm³/mol. The molecule has 1 fully saturated rings. The van der Waals surface area contributed by atoms with E-state index in [1.807, 2.05) is 13.8 Å². The fourth-order valence-corrected chi connectivity index (χ4v) is 2.47. The highest BCUT2D eigenvalue weighted by Gasteiger charge is 2.42. The van der Waals surface area contributed by atoms with E-state index < -0.39 is 5.54 Å². The molecule has 0 saturated carbocycles. The average molecular weight is 280 g/mol. The van der Waals surface area contributed by atoms with Crippen molar-refractivity contribution >= 4 is 11.8 Å². The Morgan fingerprint density at radius 3 is 2.60 bits per heavy atom. The minimum absolute atomic E-state index is 0.0794. The second kappa shape index (κ2) is 5.60. The minimum atomic E-state index is -0.817. The molecule has 1 aliphatic heterocycles. The largest absolute Gasteiger partial charge is 0.342 e. The van der Waals surface area contributed by atoms with Crippen molar-refractivity contribution < 1.29 is 14.1 Å². The summed E-state index contributed by atoms with van der Waals surface area (Å²) < 4.78 is 5.06. The third-order valence-electron chi connectivity index (χ3n) is 3.79. The molecule has 0 atom stereocenters. The quantitative estimate of drug-likeness (QED) is 0.880. The summed E-state index contributed by atoms with van der Waals surface area (Å²) >= 11 is 0. The monoisotopic (exact) mass is 280 g/mol. The maximum Gasteiger partial charge on any atom is 0.248 e. The Kier molecular flexibility index (Phi) is 4.06. The van der Waals surface area contributed by atoms with Crippen LogP contribution in [0.15, 0.2) is 4.52 Å². The average Bonchev–Trinajstić information content (AvgIpc) is 2.80. The lowest BCUT2D eigenvalue weighted by molar-refractivity contribution is -0.140. The molecule has 20 heavy (non-hydrogen) atoms. The smallest absolute Gasteiger partial charge is 0.248 e. The Labute approximate surface area is 117 Å². The summed E-state index contributed by atoms with van der Waals surface area (Å²) in [5, 5.41) is 6.58. The Balaban J connectivity index is 2.23. The minimum Gasteiger partial charge on any atom is -0.342 e. The SMILES string of the molecule is CCC1(CC)NC(=O)CCN(Cc2nc(C)no2)C1=O. The first-order valence-corrected chi connectivity index (χ1v) is 6.90. The van der Waals surface area contributed by atoms with Crippen molar-refractivity contribution in [3.63, 3.8) is 0 Å². The van der Waals surface area contributed by atoms with Gasteiger partial charge in [0, 0.05) is 13.0 Å². The van der Waals surface area contributed by atoms with E-state index in [9.17, 15) is 9.59 Å². The Morgan fingerprint density at radius 2 is 2.05 bits per heavy atom. The number of carbonyl (C=O) groups excluding carboxylic acids is 2. The van der Waals surface area contributed by atoms with E-state index in [4.69, 9.17) is 4.52 Å². The highest BCUT2D eigenvalue weighted by molar-refractivity contribution is 5.93. The molecule has 2 amide bonds. The van der Waals surface area contributed by atoms with Crippen LogP contribution < -0.4 is 5.32 Å². The molecule has 0 spiro atoms. The number of hydrogen-bond acceptors (Lipinski definition) is 5. The van der Waals surface area contributed by atoms with Crippen molar-refractivity contribution in [2.75, 3.05) is 6.54 Å². The van der Waals surface area contributed by atoms with Gasteiger partial charge in [-0.1, -0.05) is 19.0 Å². The third kappa shape index (κ3) is 2.66. The van der Waals surface area contributed by atoms with Crippen molar-refractivity contribution in [2.24, 2.45) is 0 Å². The van der Waals surface area contributed by atoms with Crippen LogP contribution in [-0.2, 0) is 16.1 Å². The van der Waals surface area contributed by atoms with Gasteiger partial charge in [-0.2, -0.15) is 4.98 Å². The molecular weight excluding hydrogens is 260 g/mol. The molecule has 1 saturated heterocycles. The number of rotatable bonds is 4. The van der Waals surface area contributed by atoms with E-state index in [2.05, 4.69) is 15.5 Å². The van der Waals surface area contributed by atoms with E-state index in [1.165, 1.54) is 0 Å².